The number of carbonyl (C=O) groups is 1. The van der Waals surface area contributed by atoms with Gasteiger partial charge in [0.05, 0.1) is 0 Å². The fraction of sp³-hybridized carbons (Fsp3) is 0.533. The van der Waals surface area contributed by atoms with Crippen LogP contribution >= 0.6 is 0 Å². The molecule has 1 aromatic carbocycles. The van der Waals surface area contributed by atoms with Gasteiger partial charge in [-0.3, -0.25) is 4.79 Å². The number of amides is 1. The summed E-state index contributed by atoms with van der Waals surface area (Å²) in [5.74, 6) is 0.403. The molecule has 1 aromatic rings. The predicted octanol–water partition coefficient (Wildman–Crippen LogP) is 2.35. The third-order valence-electron chi connectivity index (χ3n) is 3.69. The van der Waals surface area contributed by atoms with Crippen LogP contribution in [0.3, 0.4) is 0 Å². The Bertz CT molecular complexity index is 430. The number of nitrogens with one attached hydrogen (secondary N) is 1. The van der Waals surface area contributed by atoms with Crippen molar-refractivity contribution in [1.82, 2.24) is 5.32 Å². The van der Waals surface area contributed by atoms with Crippen molar-refractivity contribution < 1.29 is 4.79 Å². The van der Waals surface area contributed by atoms with Crippen LogP contribution in [0.2, 0.25) is 0 Å². The topological polar surface area (TPSA) is 32.3 Å². The lowest BCUT2D eigenvalue weighted by atomic mass is 9.92. The van der Waals surface area contributed by atoms with Crippen LogP contribution in [0.25, 0.3) is 0 Å². The van der Waals surface area contributed by atoms with Crippen LogP contribution in [0.5, 0.6) is 0 Å². The molecule has 0 radical (unpaired) electrons. The summed E-state index contributed by atoms with van der Waals surface area (Å²) in [6, 6.07) is 8.55. The smallest absolute Gasteiger partial charge is 0.229 e. The molecular weight excluding hydrogens is 224 g/mol. The summed E-state index contributed by atoms with van der Waals surface area (Å²) in [5, 5.41) is 3.38. The zero-order valence-corrected chi connectivity index (χ0v) is 11.4. The Morgan fingerprint density at radius 3 is 2.89 bits per heavy atom. The van der Waals surface area contributed by atoms with Crippen molar-refractivity contribution in [2.45, 2.75) is 32.7 Å². The number of piperidine rings is 1. The number of nitrogens with zero attached hydrogens (tertiary/aromatic N) is 1. The minimum Gasteiger partial charge on any atom is -0.315 e. The van der Waals surface area contributed by atoms with Crippen molar-refractivity contribution in [1.29, 1.82) is 0 Å². The Hall–Kier alpha value is -1.35. The molecule has 1 fully saturated rings. The lowest BCUT2D eigenvalue weighted by Gasteiger charge is -2.30. The van der Waals surface area contributed by atoms with Crippen molar-refractivity contribution >= 4 is 11.6 Å². The van der Waals surface area contributed by atoms with Gasteiger partial charge in [-0.2, -0.15) is 0 Å². The van der Waals surface area contributed by atoms with E-state index in [0.717, 1.165) is 25.1 Å². The van der Waals surface area contributed by atoms with E-state index < -0.39 is 0 Å². The molecule has 2 unspecified atom stereocenters. The first-order valence-electron chi connectivity index (χ1n) is 6.65. The van der Waals surface area contributed by atoms with E-state index in [1.165, 1.54) is 5.56 Å². The number of anilines is 1. The molecule has 0 aromatic heterocycles. The van der Waals surface area contributed by atoms with Crippen LogP contribution < -0.4 is 10.2 Å². The summed E-state index contributed by atoms with van der Waals surface area (Å²) in [5.41, 5.74) is 2.18. The SMILES string of the molecule is Cc1cccc(N(C)C(=O)C2CCNC(C)C2)c1. The lowest BCUT2D eigenvalue weighted by molar-refractivity contribution is -0.123. The summed E-state index contributed by atoms with van der Waals surface area (Å²) < 4.78 is 0. The second-order valence-electron chi connectivity index (χ2n) is 5.31. The van der Waals surface area contributed by atoms with E-state index in [0.29, 0.717) is 6.04 Å². The number of hydrogen-bond donors (Lipinski definition) is 1. The fourth-order valence-corrected chi connectivity index (χ4v) is 2.59. The molecule has 3 nitrogen and oxygen atoms in total. The molecule has 18 heavy (non-hydrogen) atoms. The van der Waals surface area contributed by atoms with Gasteiger partial charge in [0.15, 0.2) is 0 Å². The van der Waals surface area contributed by atoms with Gasteiger partial charge in [-0.15, -0.1) is 0 Å². The van der Waals surface area contributed by atoms with E-state index in [9.17, 15) is 4.79 Å². The highest BCUT2D eigenvalue weighted by molar-refractivity contribution is 5.94. The van der Waals surface area contributed by atoms with Crippen LogP contribution in [0, 0.1) is 12.8 Å². The molecule has 1 aliphatic rings. The quantitative estimate of drug-likeness (QED) is 0.868. The van der Waals surface area contributed by atoms with E-state index in [2.05, 4.69) is 31.3 Å². The monoisotopic (exact) mass is 246 g/mol. The highest BCUT2D eigenvalue weighted by Gasteiger charge is 2.27. The van der Waals surface area contributed by atoms with Gasteiger partial charge in [-0.05, 0) is 50.9 Å². The maximum Gasteiger partial charge on any atom is 0.229 e. The first-order valence-corrected chi connectivity index (χ1v) is 6.65. The first kappa shape index (κ1) is 13.1. The van der Waals surface area contributed by atoms with Crippen LogP contribution in [-0.2, 0) is 4.79 Å². The van der Waals surface area contributed by atoms with E-state index in [4.69, 9.17) is 0 Å². The second-order valence-corrected chi connectivity index (χ2v) is 5.31. The number of carbonyl (C=O) groups excluding carboxylic acids is 1. The Morgan fingerprint density at radius 2 is 2.22 bits per heavy atom. The first-order chi connectivity index (χ1) is 8.58. The minimum absolute atomic E-state index is 0.159. The maximum absolute atomic E-state index is 12.5. The summed E-state index contributed by atoms with van der Waals surface area (Å²) in [4.78, 5) is 14.3. The van der Waals surface area contributed by atoms with Gasteiger partial charge in [-0.25, -0.2) is 0 Å². The summed E-state index contributed by atoms with van der Waals surface area (Å²) in [6.45, 7) is 5.14. The highest BCUT2D eigenvalue weighted by atomic mass is 16.2. The average Bonchev–Trinajstić information content (AvgIpc) is 2.37. The average molecular weight is 246 g/mol. The van der Waals surface area contributed by atoms with Crippen molar-refractivity contribution in [3.8, 4) is 0 Å². The molecule has 2 atom stereocenters. The zero-order chi connectivity index (χ0) is 13.1. The van der Waals surface area contributed by atoms with E-state index >= 15 is 0 Å². The summed E-state index contributed by atoms with van der Waals surface area (Å²) in [6.07, 6.45) is 1.88. The molecule has 0 aliphatic carbocycles. The van der Waals surface area contributed by atoms with Gasteiger partial charge in [-0.1, -0.05) is 12.1 Å². The normalized spacial score (nSPS) is 23.7. The number of hydrogen-bond acceptors (Lipinski definition) is 2. The minimum atomic E-state index is 0.159. The Morgan fingerprint density at radius 1 is 1.44 bits per heavy atom. The molecule has 1 aliphatic heterocycles. The molecule has 0 bridgehead atoms. The van der Waals surface area contributed by atoms with Crippen LogP contribution in [0.4, 0.5) is 5.69 Å². The van der Waals surface area contributed by atoms with Crippen molar-refractivity contribution in [2.75, 3.05) is 18.5 Å². The molecule has 98 valence electrons. The largest absolute Gasteiger partial charge is 0.315 e. The van der Waals surface area contributed by atoms with Gasteiger partial charge in [0.25, 0.3) is 0 Å². The molecule has 2 rings (SSSR count). The van der Waals surface area contributed by atoms with Gasteiger partial charge >= 0.3 is 0 Å². The number of benzene rings is 1. The molecule has 1 amide bonds. The maximum atomic E-state index is 12.5. The van der Waals surface area contributed by atoms with E-state index in [-0.39, 0.29) is 11.8 Å². The molecular formula is C15H22N2O. The molecule has 0 spiro atoms. The number of aryl methyl sites for hydroxylation is 1. The standard InChI is InChI=1S/C15H22N2O/c1-11-5-4-6-14(9-11)17(3)15(18)13-7-8-16-12(2)10-13/h4-6,9,12-13,16H,7-8,10H2,1-3H3. The Kier molecular flexibility index (Phi) is 4.02. The zero-order valence-electron chi connectivity index (χ0n) is 11.4. The summed E-state index contributed by atoms with van der Waals surface area (Å²) in [7, 11) is 1.88. The van der Waals surface area contributed by atoms with Gasteiger partial charge in [0.2, 0.25) is 5.91 Å². The van der Waals surface area contributed by atoms with E-state index in [1.807, 2.05) is 19.2 Å². The lowest BCUT2D eigenvalue weighted by Crippen LogP contribution is -2.43. The third kappa shape index (κ3) is 2.91. The highest BCUT2D eigenvalue weighted by Crippen LogP contribution is 2.22. The van der Waals surface area contributed by atoms with E-state index in [1.54, 1.807) is 4.90 Å². The van der Waals surface area contributed by atoms with Gasteiger partial charge < -0.3 is 10.2 Å². The second kappa shape index (κ2) is 5.53. The van der Waals surface area contributed by atoms with Crippen molar-refractivity contribution in [3.05, 3.63) is 29.8 Å². The molecule has 1 heterocycles. The molecule has 1 saturated heterocycles. The van der Waals surface area contributed by atoms with Crippen molar-refractivity contribution in [3.63, 3.8) is 0 Å². The number of rotatable bonds is 2. The van der Waals surface area contributed by atoms with Crippen LogP contribution in [0.1, 0.15) is 25.3 Å². The van der Waals surface area contributed by atoms with Gasteiger partial charge in [0.1, 0.15) is 0 Å². The van der Waals surface area contributed by atoms with Gasteiger partial charge in [0, 0.05) is 24.7 Å². The molecule has 3 heteroatoms. The summed E-state index contributed by atoms with van der Waals surface area (Å²) >= 11 is 0. The molecule has 0 saturated carbocycles. The Labute approximate surface area is 109 Å². The Balaban J connectivity index is 2.08. The van der Waals surface area contributed by atoms with Crippen LogP contribution in [-0.4, -0.2) is 25.5 Å². The predicted molar refractivity (Wildman–Crippen MR) is 74.8 cm³/mol. The van der Waals surface area contributed by atoms with Crippen molar-refractivity contribution in [2.24, 2.45) is 5.92 Å². The third-order valence-corrected chi connectivity index (χ3v) is 3.69. The van der Waals surface area contributed by atoms with Crippen LogP contribution in [0.15, 0.2) is 24.3 Å². The molecule has 1 N–H and O–H groups in total. The fourth-order valence-electron chi connectivity index (χ4n) is 2.59.